The first-order valence-electron chi connectivity index (χ1n) is 8.60. The number of rotatable bonds is 7. The monoisotopic (exact) mass is 342 g/mol. The summed E-state index contributed by atoms with van der Waals surface area (Å²) in [6.45, 7) is 5.51. The number of carbonyl (C=O) groups is 1. The third-order valence-corrected chi connectivity index (χ3v) is 4.02. The second kappa shape index (κ2) is 8.46. The normalized spacial score (nSPS) is 10.6. The molecule has 1 aromatic heterocycles. The van der Waals surface area contributed by atoms with Crippen molar-refractivity contribution in [3.63, 3.8) is 0 Å². The number of hydrogen-bond donors (Lipinski definition) is 0. The molecule has 134 valence electrons. The molecule has 0 bridgehead atoms. The summed E-state index contributed by atoms with van der Waals surface area (Å²) < 4.78 is 1.35. The van der Waals surface area contributed by atoms with Crippen LogP contribution < -0.4 is 10.5 Å². The van der Waals surface area contributed by atoms with Crippen LogP contribution in [0.15, 0.2) is 41.2 Å². The van der Waals surface area contributed by atoms with Crippen molar-refractivity contribution in [2.75, 3.05) is 25.5 Å². The Balaban J connectivity index is 2.18. The summed E-state index contributed by atoms with van der Waals surface area (Å²) in [6, 6.07) is 11.0. The van der Waals surface area contributed by atoms with E-state index in [2.05, 4.69) is 5.10 Å². The molecule has 1 heterocycles. The predicted octanol–water partition coefficient (Wildman–Crippen LogP) is 2.38. The van der Waals surface area contributed by atoms with Gasteiger partial charge in [-0.15, -0.1) is 0 Å². The van der Waals surface area contributed by atoms with Crippen molar-refractivity contribution in [1.29, 1.82) is 0 Å². The van der Waals surface area contributed by atoms with Crippen molar-refractivity contribution < 1.29 is 4.79 Å². The van der Waals surface area contributed by atoms with Gasteiger partial charge in [-0.2, -0.15) is 5.10 Å². The van der Waals surface area contributed by atoms with Crippen molar-refractivity contribution in [3.8, 4) is 0 Å². The first-order chi connectivity index (χ1) is 12.0. The van der Waals surface area contributed by atoms with Crippen LogP contribution in [0.3, 0.4) is 0 Å². The Labute approximate surface area is 148 Å². The highest BCUT2D eigenvalue weighted by Gasteiger charge is 2.17. The molecule has 0 radical (unpaired) electrons. The molecule has 0 atom stereocenters. The summed E-state index contributed by atoms with van der Waals surface area (Å²) in [4.78, 5) is 28.3. The standard InChI is InChI=1S/C19H26N4O2/c1-5-13-23-18(24)12-11-17(20-23)19(25)22(6-2)14-15-7-9-16(10-8-15)21(3)4/h7-12H,5-6,13-14H2,1-4H3. The van der Waals surface area contributed by atoms with E-state index in [4.69, 9.17) is 0 Å². The Hall–Kier alpha value is -2.63. The number of nitrogens with zero attached hydrogens (tertiary/aromatic N) is 4. The van der Waals surface area contributed by atoms with Crippen LogP contribution in [-0.2, 0) is 13.1 Å². The SMILES string of the molecule is CCCn1nc(C(=O)N(CC)Cc2ccc(N(C)C)cc2)ccc1=O. The number of aryl methyl sites for hydroxylation is 1. The lowest BCUT2D eigenvalue weighted by Crippen LogP contribution is -2.33. The van der Waals surface area contributed by atoms with Crippen molar-refractivity contribution in [3.05, 3.63) is 58.0 Å². The molecule has 2 aromatic rings. The van der Waals surface area contributed by atoms with Gasteiger partial charge in [-0.1, -0.05) is 19.1 Å². The molecule has 25 heavy (non-hydrogen) atoms. The van der Waals surface area contributed by atoms with E-state index in [1.54, 1.807) is 4.90 Å². The third-order valence-electron chi connectivity index (χ3n) is 4.02. The maximum Gasteiger partial charge on any atom is 0.274 e. The highest BCUT2D eigenvalue weighted by Crippen LogP contribution is 2.14. The molecule has 6 nitrogen and oxygen atoms in total. The second-order valence-electron chi connectivity index (χ2n) is 6.16. The smallest absolute Gasteiger partial charge is 0.274 e. The van der Waals surface area contributed by atoms with Gasteiger partial charge in [0.05, 0.1) is 0 Å². The summed E-state index contributed by atoms with van der Waals surface area (Å²) in [5.41, 5.74) is 2.30. The van der Waals surface area contributed by atoms with Gasteiger partial charge in [-0.25, -0.2) is 4.68 Å². The highest BCUT2D eigenvalue weighted by atomic mass is 16.2. The molecule has 0 fully saturated rings. The average Bonchev–Trinajstić information content (AvgIpc) is 2.61. The molecule has 0 aliphatic rings. The summed E-state index contributed by atoms with van der Waals surface area (Å²) in [6.07, 6.45) is 0.792. The van der Waals surface area contributed by atoms with Crippen LogP contribution in [0.4, 0.5) is 5.69 Å². The topological polar surface area (TPSA) is 58.4 Å². The first kappa shape index (κ1) is 18.7. The van der Waals surface area contributed by atoms with E-state index in [-0.39, 0.29) is 11.5 Å². The molecule has 0 spiro atoms. The van der Waals surface area contributed by atoms with E-state index in [1.807, 2.05) is 57.1 Å². The third kappa shape index (κ3) is 4.68. The summed E-state index contributed by atoms with van der Waals surface area (Å²) in [7, 11) is 3.99. The molecule has 6 heteroatoms. The molecule has 0 N–H and O–H groups in total. The summed E-state index contributed by atoms with van der Waals surface area (Å²) in [5, 5.41) is 4.22. The Bertz CT molecular complexity index is 766. The molecule has 1 aromatic carbocycles. The van der Waals surface area contributed by atoms with E-state index in [1.165, 1.54) is 16.8 Å². The van der Waals surface area contributed by atoms with Crippen molar-refractivity contribution in [1.82, 2.24) is 14.7 Å². The zero-order valence-corrected chi connectivity index (χ0v) is 15.4. The van der Waals surface area contributed by atoms with Gasteiger partial charge in [0.2, 0.25) is 0 Å². The van der Waals surface area contributed by atoms with E-state index in [0.29, 0.717) is 25.3 Å². The summed E-state index contributed by atoms with van der Waals surface area (Å²) >= 11 is 0. The fraction of sp³-hybridized carbons (Fsp3) is 0.421. The molecule has 0 aliphatic carbocycles. The fourth-order valence-electron chi connectivity index (χ4n) is 2.54. The van der Waals surface area contributed by atoms with Crippen LogP contribution in [0.25, 0.3) is 0 Å². The van der Waals surface area contributed by atoms with Gasteiger partial charge in [0, 0.05) is 45.5 Å². The summed E-state index contributed by atoms with van der Waals surface area (Å²) in [5.74, 6) is -0.163. The van der Waals surface area contributed by atoms with E-state index in [0.717, 1.165) is 17.7 Å². The molecule has 0 aliphatic heterocycles. The number of amides is 1. The van der Waals surface area contributed by atoms with Gasteiger partial charge in [0.1, 0.15) is 5.69 Å². The van der Waals surface area contributed by atoms with Crippen LogP contribution in [-0.4, -0.2) is 41.2 Å². The van der Waals surface area contributed by atoms with E-state index in [9.17, 15) is 9.59 Å². The molecule has 0 saturated heterocycles. The Morgan fingerprint density at radius 3 is 2.32 bits per heavy atom. The zero-order valence-electron chi connectivity index (χ0n) is 15.4. The van der Waals surface area contributed by atoms with Crippen LogP contribution in [0.2, 0.25) is 0 Å². The minimum absolute atomic E-state index is 0.163. The van der Waals surface area contributed by atoms with Crippen LogP contribution in [0.1, 0.15) is 36.3 Å². The predicted molar refractivity (Wildman–Crippen MR) is 100.0 cm³/mol. The van der Waals surface area contributed by atoms with Gasteiger partial charge < -0.3 is 9.80 Å². The van der Waals surface area contributed by atoms with Crippen molar-refractivity contribution in [2.24, 2.45) is 0 Å². The van der Waals surface area contributed by atoms with Crippen molar-refractivity contribution >= 4 is 11.6 Å². The van der Waals surface area contributed by atoms with E-state index < -0.39 is 0 Å². The van der Waals surface area contributed by atoms with Gasteiger partial charge in [0.25, 0.3) is 11.5 Å². The van der Waals surface area contributed by atoms with Crippen molar-refractivity contribution in [2.45, 2.75) is 33.4 Å². The largest absolute Gasteiger partial charge is 0.378 e. The number of aromatic nitrogens is 2. The number of benzene rings is 1. The molecular weight excluding hydrogens is 316 g/mol. The lowest BCUT2D eigenvalue weighted by molar-refractivity contribution is 0.0743. The average molecular weight is 342 g/mol. The second-order valence-corrected chi connectivity index (χ2v) is 6.16. The number of hydrogen-bond acceptors (Lipinski definition) is 4. The Morgan fingerprint density at radius 2 is 1.76 bits per heavy atom. The molecular formula is C19H26N4O2. The van der Waals surface area contributed by atoms with E-state index >= 15 is 0 Å². The zero-order chi connectivity index (χ0) is 18.4. The Morgan fingerprint density at radius 1 is 1.08 bits per heavy atom. The lowest BCUT2D eigenvalue weighted by atomic mass is 10.2. The quantitative estimate of drug-likeness (QED) is 0.775. The molecule has 0 unspecified atom stereocenters. The molecule has 1 amide bonds. The maximum atomic E-state index is 12.8. The van der Waals surface area contributed by atoms with Gasteiger partial charge in [-0.3, -0.25) is 9.59 Å². The van der Waals surface area contributed by atoms with Gasteiger partial charge in [-0.05, 0) is 37.1 Å². The Kier molecular flexibility index (Phi) is 6.33. The van der Waals surface area contributed by atoms with Crippen LogP contribution in [0.5, 0.6) is 0 Å². The maximum absolute atomic E-state index is 12.8. The minimum Gasteiger partial charge on any atom is -0.378 e. The molecule has 2 rings (SSSR count). The number of anilines is 1. The first-order valence-corrected chi connectivity index (χ1v) is 8.60. The van der Waals surface area contributed by atoms with Gasteiger partial charge in [0.15, 0.2) is 0 Å². The lowest BCUT2D eigenvalue weighted by Gasteiger charge is -2.21. The van der Waals surface area contributed by atoms with Gasteiger partial charge >= 0.3 is 0 Å². The van der Waals surface area contributed by atoms with Crippen LogP contribution in [0, 0.1) is 0 Å². The highest BCUT2D eigenvalue weighted by molar-refractivity contribution is 5.92. The fourth-order valence-corrected chi connectivity index (χ4v) is 2.54. The minimum atomic E-state index is -0.180. The molecule has 0 saturated carbocycles. The number of carbonyl (C=O) groups excluding carboxylic acids is 1. The van der Waals surface area contributed by atoms with Crippen LogP contribution >= 0.6 is 0 Å².